The van der Waals surface area contributed by atoms with Crippen LogP contribution in [0.4, 0.5) is 5.69 Å². The summed E-state index contributed by atoms with van der Waals surface area (Å²) in [6, 6.07) is 6.96. The number of rotatable bonds is 4. The molecule has 2 aromatic rings. The highest BCUT2D eigenvalue weighted by Crippen LogP contribution is 2.31. The van der Waals surface area contributed by atoms with Crippen LogP contribution in [0.5, 0.6) is 0 Å². The summed E-state index contributed by atoms with van der Waals surface area (Å²) in [4.78, 5) is 5.07. The van der Waals surface area contributed by atoms with Crippen LogP contribution in [0.15, 0.2) is 18.2 Å². The average Bonchev–Trinajstić information content (AvgIpc) is 3.07. The van der Waals surface area contributed by atoms with E-state index >= 15 is 0 Å². The third-order valence-corrected chi connectivity index (χ3v) is 5.44. The molecular weight excluding hydrogens is 336 g/mol. The van der Waals surface area contributed by atoms with E-state index in [1.165, 1.54) is 16.8 Å². The molecule has 1 aromatic heterocycles. The van der Waals surface area contributed by atoms with Crippen molar-refractivity contribution in [3.63, 3.8) is 0 Å². The topological polar surface area (TPSA) is 50.1 Å². The van der Waals surface area contributed by atoms with Gasteiger partial charge in [0, 0.05) is 31.9 Å². The summed E-state index contributed by atoms with van der Waals surface area (Å²) in [7, 11) is 0. The summed E-state index contributed by atoms with van der Waals surface area (Å²) in [6.45, 7) is 19.5. The molecule has 0 aliphatic carbocycles. The number of aryl methyl sites for hydroxylation is 2. The molecular formula is C21H34N6. The summed E-state index contributed by atoms with van der Waals surface area (Å²) in [5.41, 5.74) is 3.93. The monoisotopic (exact) mass is 370 g/mol. The first-order valence-corrected chi connectivity index (χ1v) is 10.0. The highest BCUT2D eigenvalue weighted by Gasteiger charge is 2.34. The van der Waals surface area contributed by atoms with Crippen LogP contribution >= 0.6 is 0 Å². The maximum Gasteiger partial charge on any atom is 0.169 e. The van der Waals surface area contributed by atoms with Crippen molar-refractivity contribution < 1.29 is 0 Å². The first-order chi connectivity index (χ1) is 12.7. The van der Waals surface area contributed by atoms with Crippen molar-refractivity contribution in [2.75, 3.05) is 31.1 Å². The Labute approximate surface area is 163 Å². The van der Waals surface area contributed by atoms with Crippen molar-refractivity contribution in [1.29, 1.82) is 0 Å². The fraction of sp³-hybridized carbons (Fsp3) is 0.667. The third kappa shape index (κ3) is 4.15. The highest BCUT2D eigenvalue weighted by molar-refractivity contribution is 5.55. The van der Waals surface area contributed by atoms with Gasteiger partial charge in [0.15, 0.2) is 5.82 Å². The Morgan fingerprint density at radius 2 is 1.67 bits per heavy atom. The van der Waals surface area contributed by atoms with Gasteiger partial charge in [0.2, 0.25) is 0 Å². The zero-order valence-corrected chi connectivity index (χ0v) is 17.9. The summed E-state index contributed by atoms with van der Waals surface area (Å²) in [5.74, 6) is 1.43. The first kappa shape index (κ1) is 19.8. The fourth-order valence-corrected chi connectivity index (χ4v) is 4.04. The first-order valence-electron chi connectivity index (χ1n) is 10.0. The molecule has 0 saturated carbocycles. The predicted octanol–water partition coefficient (Wildman–Crippen LogP) is 3.56. The molecule has 2 heterocycles. The van der Waals surface area contributed by atoms with Gasteiger partial charge in [0.1, 0.15) is 0 Å². The van der Waals surface area contributed by atoms with E-state index in [2.05, 4.69) is 92.0 Å². The van der Waals surface area contributed by atoms with E-state index < -0.39 is 0 Å². The van der Waals surface area contributed by atoms with Crippen LogP contribution in [0.1, 0.15) is 57.6 Å². The quantitative estimate of drug-likeness (QED) is 0.823. The van der Waals surface area contributed by atoms with Gasteiger partial charge < -0.3 is 4.90 Å². The minimum absolute atomic E-state index is 0.119. The molecule has 1 aliphatic heterocycles. The Bertz CT molecular complexity index is 765. The van der Waals surface area contributed by atoms with E-state index in [1.54, 1.807) is 0 Å². The van der Waals surface area contributed by atoms with Gasteiger partial charge >= 0.3 is 0 Å². The van der Waals surface area contributed by atoms with Crippen molar-refractivity contribution in [2.45, 2.75) is 60.0 Å². The Hall–Kier alpha value is -1.95. The lowest BCUT2D eigenvalue weighted by Gasteiger charge is -2.42. The summed E-state index contributed by atoms with van der Waals surface area (Å²) >= 11 is 0. The van der Waals surface area contributed by atoms with Gasteiger partial charge in [-0.05, 0) is 68.2 Å². The zero-order chi connectivity index (χ0) is 19.8. The van der Waals surface area contributed by atoms with Gasteiger partial charge in [-0.2, -0.15) is 0 Å². The van der Waals surface area contributed by atoms with Crippen molar-refractivity contribution in [1.82, 2.24) is 25.1 Å². The van der Waals surface area contributed by atoms with Gasteiger partial charge in [-0.1, -0.05) is 26.0 Å². The molecule has 148 valence electrons. The zero-order valence-electron chi connectivity index (χ0n) is 17.9. The molecule has 3 rings (SSSR count). The minimum atomic E-state index is -0.119. The summed E-state index contributed by atoms with van der Waals surface area (Å²) in [5, 5.41) is 12.7. The number of anilines is 1. The molecule has 6 nitrogen and oxygen atoms in total. The molecule has 1 aromatic carbocycles. The van der Waals surface area contributed by atoms with Crippen LogP contribution in [-0.2, 0) is 5.54 Å². The predicted molar refractivity (Wildman–Crippen MR) is 110 cm³/mol. The second-order valence-corrected chi connectivity index (χ2v) is 9.12. The number of hydrogen-bond donors (Lipinski definition) is 0. The van der Waals surface area contributed by atoms with Crippen molar-refractivity contribution in [3.05, 3.63) is 35.2 Å². The molecule has 1 aliphatic rings. The Morgan fingerprint density at radius 3 is 2.26 bits per heavy atom. The van der Waals surface area contributed by atoms with Crippen LogP contribution in [0.2, 0.25) is 0 Å². The molecule has 0 amide bonds. The molecule has 1 saturated heterocycles. The average molecular weight is 371 g/mol. The Kier molecular flexibility index (Phi) is 5.56. The molecule has 1 unspecified atom stereocenters. The van der Waals surface area contributed by atoms with E-state index in [4.69, 9.17) is 0 Å². The van der Waals surface area contributed by atoms with Crippen LogP contribution in [-0.4, -0.2) is 51.3 Å². The SMILES string of the molecule is Cc1ccc(C)c(N2CCN(C(c3nnnn3C(C)(C)C)C(C)C)CC2)c1. The number of tetrazole rings is 1. The standard InChI is InChI=1S/C21H34N6/c1-15(2)19(20-22-23-24-27(20)21(5,6)7)26-12-10-25(11-13-26)18-14-16(3)8-9-17(18)4/h8-9,14-15,19H,10-13H2,1-7H3. The largest absolute Gasteiger partial charge is 0.369 e. The number of aromatic nitrogens is 4. The van der Waals surface area contributed by atoms with E-state index in [-0.39, 0.29) is 11.6 Å². The van der Waals surface area contributed by atoms with Crippen LogP contribution < -0.4 is 4.90 Å². The molecule has 0 radical (unpaired) electrons. The lowest BCUT2D eigenvalue weighted by atomic mass is 9.99. The molecule has 6 heteroatoms. The maximum absolute atomic E-state index is 4.43. The van der Waals surface area contributed by atoms with Crippen molar-refractivity contribution in [2.24, 2.45) is 5.92 Å². The smallest absolute Gasteiger partial charge is 0.169 e. The highest BCUT2D eigenvalue weighted by atomic mass is 15.6. The maximum atomic E-state index is 4.43. The minimum Gasteiger partial charge on any atom is -0.369 e. The van der Waals surface area contributed by atoms with Crippen LogP contribution in [0.3, 0.4) is 0 Å². The molecule has 0 bridgehead atoms. The second kappa shape index (κ2) is 7.58. The van der Waals surface area contributed by atoms with Crippen molar-refractivity contribution in [3.8, 4) is 0 Å². The van der Waals surface area contributed by atoms with Gasteiger partial charge in [-0.15, -0.1) is 5.10 Å². The number of piperazine rings is 1. The van der Waals surface area contributed by atoms with E-state index in [1.807, 2.05) is 4.68 Å². The normalized spacial score (nSPS) is 17.6. The fourth-order valence-electron chi connectivity index (χ4n) is 4.04. The number of nitrogens with zero attached hydrogens (tertiary/aromatic N) is 6. The van der Waals surface area contributed by atoms with Crippen LogP contribution in [0.25, 0.3) is 0 Å². The summed E-state index contributed by atoms with van der Waals surface area (Å²) in [6.07, 6.45) is 0. The van der Waals surface area contributed by atoms with Gasteiger partial charge in [0.05, 0.1) is 11.6 Å². The van der Waals surface area contributed by atoms with E-state index in [9.17, 15) is 0 Å². The molecule has 1 atom stereocenters. The third-order valence-electron chi connectivity index (χ3n) is 5.44. The van der Waals surface area contributed by atoms with E-state index in [0.29, 0.717) is 5.92 Å². The Balaban J connectivity index is 1.79. The van der Waals surface area contributed by atoms with Gasteiger partial charge in [-0.3, -0.25) is 4.90 Å². The molecule has 0 spiro atoms. The Morgan fingerprint density at radius 1 is 1.00 bits per heavy atom. The van der Waals surface area contributed by atoms with Crippen LogP contribution in [0, 0.1) is 19.8 Å². The summed E-state index contributed by atoms with van der Waals surface area (Å²) < 4.78 is 1.99. The van der Waals surface area contributed by atoms with Gasteiger partial charge in [-0.25, -0.2) is 4.68 Å². The molecule has 27 heavy (non-hydrogen) atoms. The lowest BCUT2D eigenvalue weighted by Crippen LogP contribution is -2.49. The molecule has 0 N–H and O–H groups in total. The van der Waals surface area contributed by atoms with E-state index in [0.717, 1.165) is 32.0 Å². The van der Waals surface area contributed by atoms with Gasteiger partial charge in [0.25, 0.3) is 0 Å². The lowest BCUT2D eigenvalue weighted by molar-refractivity contribution is 0.128. The number of benzene rings is 1. The second-order valence-electron chi connectivity index (χ2n) is 9.12. The molecule has 1 fully saturated rings. The number of hydrogen-bond acceptors (Lipinski definition) is 5. The van der Waals surface area contributed by atoms with Crippen molar-refractivity contribution >= 4 is 5.69 Å².